The zero-order valence-electron chi connectivity index (χ0n) is 11.3. The van der Waals surface area contributed by atoms with Crippen LogP contribution in [0.5, 0.6) is 0 Å². The van der Waals surface area contributed by atoms with E-state index in [1.54, 1.807) is 0 Å². The maximum atomic E-state index is 4.49. The lowest BCUT2D eigenvalue weighted by molar-refractivity contribution is 0.866. The van der Waals surface area contributed by atoms with Gasteiger partial charge in [-0.1, -0.05) is 12.1 Å². The Balaban J connectivity index is 1.85. The van der Waals surface area contributed by atoms with Crippen LogP contribution >= 0.6 is 0 Å². The molecule has 2 aliphatic rings. The van der Waals surface area contributed by atoms with Crippen LogP contribution in [0.4, 0.5) is 5.69 Å². The number of hydrogen-bond acceptors (Lipinski definition) is 3. The van der Waals surface area contributed by atoms with E-state index >= 15 is 0 Å². The van der Waals surface area contributed by atoms with Crippen molar-refractivity contribution in [2.45, 2.75) is 13.8 Å². The van der Waals surface area contributed by atoms with E-state index in [4.69, 9.17) is 0 Å². The molecule has 0 fully saturated rings. The second-order valence-electron chi connectivity index (χ2n) is 4.60. The number of allylic oxidation sites excluding steroid dienone is 2. The summed E-state index contributed by atoms with van der Waals surface area (Å²) in [5.74, 6) is 0. The molecule has 1 aromatic rings. The summed E-state index contributed by atoms with van der Waals surface area (Å²) in [6, 6.07) is 8.61. The minimum Gasteiger partial charge on any atom is -0.372 e. The van der Waals surface area contributed by atoms with Crippen molar-refractivity contribution < 1.29 is 0 Å². The highest BCUT2D eigenvalue weighted by molar-refractivity contribution is 6.22. The standard InChI is InChI=1S/C16H17N3/c1-3-19(4-2)14-7-5-12(6-8-14)16-15-11-17-9-13(15)10-18-16/h5-11H,3-4H2,1-2H3. The predicted molar refractivity (Wildman–Crippen MR) is 81.2 cm³/mol. The van der Waals surface area contributed by atoms with Gasteiger partial charge in [0.05, 0.1) is 5.71 Å². The van der Waals surface area contributed by atoms with Crippen LogP contribution in [0.25, 0.3) is 0 Å². The first kappa shape index (κ1) is 11.9. The molecule has 96 valence electrons. The van der Waals surface area contributed by atoms with Gasteiger partial charge in [-0.3, -0.25) is 9.98 Å². The predicted octanol–water partition coefficient (Wildman–Crippen LogP) is 3.19. The molecule has 1 aromatic carbocycles. The van der Waals surface area contributed by atoms with Crippen LogP contribution in [0, 0.1) is 0 Å². The molecule has 0 atom stereocenters. The summed E-state index contributed by atoms with van der Waals surface area (Å²) in [6.45, 7) is 6.41. The van der Waals surface area contributed by atoms with Crippen molar-refractivity contribution >= 4 is 17.6 Å². The van der Waals surface area contributed by atoms with Crippen LogP contribution in [-0.4, -0.2) is 25.0 Å². The molecule has 3 heteroatoms. The molecule has 3 nitrogen and oxygen atoms in total. The Labute approximate surface area is 113 Å². The monoisotopic (exact) mass is 251 g/mol. The molecule has 0 radical (unpaired) electrons. The van der Waals surface area contributed by atoms with Crippen LogP contribution < -0.4 is 4.90 Å². The number of benzene rings is 1. The third-order valence-corrected chi connectivity index (χ3v) is 3.59. The van der Waals surface area contributed by atoms with Gasteiger partial charge >= 0.3 is 0 Å². The maximum Gasteiger partial charge on any atom is 0.0797 e. The van der Waals surface area contributed by atoms with E-state index in [0.717, 1.165) is 35.5 Å². The Hall–Kier alpha value is -2.16. The molecule has 0 aromatic heterocycles. The summed E-state index contributed by atoms with van der Waals surface area (Å²) in [5.41, 5.74) is 5.69. The Morgan fingerprint density at radius 2 is 1.74 bits per heavy atom. The second kappa shape index (κ2) is 4.84. The van der Waals surface area contributed by atoms with Gasteiger partial charge in [-0.15, -0.1) is 0 Å². The topological polar surface area (TPSA) is 28.0 Å². The molecule has 0 bridgehead atoms. The van der Waals surface area contributed by atoms with E-state index < -0.39 is 0 Å². The Kier molecular flexibility index (Phi) is 3.03. The minimum absolute atomic E-state index is 1.03. The highest BCUT2D eigenvalue weighted by Crippen LogP contribution is 2.26. The Morgan fingerprint density at radius 3 is 2.42 bits per heavy atom. The number of aliphatic imine (C=N–C) groups is 2. The van der Waals surface area contributed by atoms with Gasteiger partial charge in [-0.05, 0) is 26.0 Å². The zero-order chi connectivity index (χ0) is 13.2. The van der Waals surface area contributed by atoms with Gasteiger partial charge in [0, 0.05) is 54.1 Å². The van der Waals surface area contributed by atoms with Gasteiger partial charge in [-0.25, -0.2) is 0 Å². The molecule has 3 rings (SSSR count). The summed E-state index contributed by atoms with van der Waals surface area (Å²) >= 11 is 0. The third-order valence-electron chi connectivity index (χ3n) is 3.59. The van der Waals surface area contributed by atoms with Crippen LogP contribution in [0.1, 0.15) is 19.4 Å². The van der Waals surface area contributed by atoms with E-state index in [1.807, 2.05) is 18.6 Å². The van der Waals surface area contributed by atoms with Crippen LogP contribution in [-0.2, 0) is 0 Å². The van der Waals surface area contributed by atoms with Gasteiger partial charge < -0.3 is 4.90 Å². The van der Waals surface area contributed by atoms with Gasteiger partial charge in [0.25, 0.3) is 0 Å². The number of anilines is 1. The van der Waals surface area contributed by atoms with Crippen molar-refractivity contribution in [2.75, 3.05) is 18.0 Å². The molecule has 0 saturated heterocycles. The zero-order valence-corrected chi connectivity index (χ0v) is 11.3. The van der Waals surface area contributed by atoms with E-state index in [2.05, 4.69) is 53.0 Å². The lowest BCUT2D eigenvalue weighted by Gasteiger charge is -2.21. The van der Waals surface area contributed by atoms with Crippen LogP contribution in [0.2, 0.25) is 0 Å². The molecule has 0 spiro atoms. The van der Waals surface area contributed by atoms with E-state index in [0.29, 0.717) is 0 Å². The molecule has 19 heavy (non-hydrogen) atoms. The van der Waals surface area contributed by atoms with Crippen molar-refractivity contribution in [2.24, 2.45) is 9.98 Å². The van der Waals surface area contributed by atoms with Crippen molar-refractivity contribution in [3.8, 4) is 0 Å². The number of nitrogens with zero attached hydrogens (tertiary/aromatic N) is 3. The van der Waals surface area contributed by atoms with Gasteiger partial charge in [-0.2, -0.15) is 0 Å². The van der Waals surface area contributed by atoms with Crippen molar-refractivity contribution in [3.05, 3.63) is 53.4 Å². The highest BCUT2D eigenvalue weighted by atomic mass is 15.1. The molecule has 0 amide bonds. The van der Waals surface area contributed by atoms with E-state index in [9.17, 15) is 0 Å². The SMILES string of the molecule is CCN(CC)c1ccc(C2=NC=C3C=NC=C32)cc1. The van der Waals surface area contributed by atoms with Crippen LogP contribution in [0.3, 0.4) is 0 Å². The summed E-state index contributed by atoms with van der Waals surface area (Å²) in [6.07, 6.45) is 5.63. The fourth-order valence-corrected chi connectivity index (χ4v) is 2.49. The van der Waals surface area contributed by atoms with Crippen molar-refractivity contribution in [3.63, 3.8) is 0 Å². The molecule has 2 aliphatic heterocycles. The first-order valence-electron chi connectivity index (χ1n) is 6.71. The quantitative estimate of drug-likeness (QED) is 0.807. The fourth-order valence-electron chi connectivity index (χ4n) is 2.49. The van der Waals surface area contributed by atoms with Gasteiger partial charge in [0.1, 0.15) is 0 Å². The number of rotatable bonds is 4. The normalized spacial score (nSPS) is 16.0. The summed E-state index contributed by atoms with van der Waals surface area (Å²) in [4.78, 5) is 11.0. The van der Waals surface area contributed by atoms with Crippen molar-refractivity contribution in [1.29, 1.82) is 0 Å². The minimum atomic E-state index is 1.03. The fraction of sp³-hybridized carbons (Fsp3) is 0.250. The van der Waals surface area contributed by atoms with Crippen LogP contribution in [0.15, 0.2) is 57.8 Å². The molecule has 0 unspecified atom stereocenters. The first-order valence-corrected chi connectivity index (χ1v) is 6.71. The molecular formula is C16H17N3. The molecule has 2 heterocycles. The smallest absolute Gasteiger partial charge is 0.0797 e. The number of fused-ring (bicyclic) bond motifs is 1. The Morgan fingerprint density at radius 1 is 1.00 bits per heavy atom. The first-order chi connectivity index (χ1) is 9.33. The van der Waals surface area contributed by atoms with E-state index in [1.165, 1.54) is 5.69 Å². The molecule has 0 N–H and O–H groups in total. The highest BCUT2D eigenvalue weighted by Gasteiger charge is 2.20. The molecular weight excluding hydrogens is 234 g/mol. The lowest BCUT2D eigenvalue weighted by atomic mass is 10.0. The average Bonchev–Trinajstić information content (AvgIpc) is 3.04. The van der Waals surface area contributed by atoms with Gasteiger partial charge in [0.2, 0.25) is 0 Å². The summed E-state index contributed by atoms with van der Waals surface area (Å²) in [5, 5.41) is 0. The number of hydrogen-bond donors (Lipinski definition) is 0. The Bertz CT molecular complexity index is 599. The third kappa shape index (κ3) is 2.01. The maximum absolute atomic E-state index is 4.49. The largest absolute Gasteiger partial charge is 0.372 e. The lowest BCUT2D eigenvalue weighted by Crippen LogP contribution is -2.21. The summed E-state index contributed by atoms with van der Waals surface area (Å²) < 4.78 is 0. The van der Waals surface area contributed by atoms with E-state index in [-0.39, 0.29) is 0 Å². The second-order valence-corrected chi connectivity index (χ2v) is 4.60. The van der Waals surface area contributed by atoms with Gasteiger partial charge in [0.15, 0.2) is 0 Å². The molecule has 0 aliphatic carbocycles. The average molecular weight is 251 g/mol. The summed E-state index contributed by atoms with van der Waals surface area (Å²) in [7, 11) is 0. The molecule has 0 saturated carbocycles. The van der Waals surface area contributed by atoms with Crippen molar-refractivity contribution in [1.82, 2.24) is 0 Å².